The first-order valence-corrected chi connectivity index (χ1v) is 5.85. The largest absolute Gasteiger partial charge is 0.324 e. The molecule has 0 aliphatic carbocycles. The Morgan fingerprint density at radius 2 is 1.93 bits per heavy atom. The van der Waals surface area contributed by atoms with Gasteiger partial charge >= 0.3 is 0 Å². The molecule has 1 heterocycles. The molecule has 0 fully saturated rings. The summed E-state index contributed by atoms with van der Waals surface area (Å²) in [6.45, 7) is -0.293. The lowest BCUT2D eigenvalue weighted by Crippen LogP contribution is -2.19. The highest BCUT2D eigenvalue weighted by Gasteiger charge is 2.32. The molecule has 1 aromatic rings. The van der Waals surface area contributed by atoms with Crippen molar-refractivity contribution in [1.29, 1.82) is 0 Å². The molecule has 0 atom stereocenters. The van der Waals surface area contributed by atoms with Gasteiger partial charge in [-0.15, -0.1) is 0 Å². The van der Waals surface area contributed by atoms with Gasteiger partial charge in [0.05, 0.1) is 11.4 Å². The predicted octanol–water partition coefficient (Wildman–Crippen LogP) is 0.343. The molecule has 2 N–H and O–H groups in total. The monoisotopic (exact) mass is 223 g/mol. The summed E-state index contributed by atoms with van der Waals surface area (Å²) in [6.07, 6.45) is 1.37. The molecule has 0 aromatic heterocycles. The number of rotatable bonds is 2. The van der Waals surface area contributed by atoms with Gasteiger partial charge in [-0.3, -0.25) is 4.79 Å². The fraction of sp³-hybridized carbons (Fsp3) is 0.100. The van der Waals surface area contributed by atoms with Crippen LogP contribution in [0.4, 0.5) is 0 Å². The SMILES string of the molecule is NCC(=O)C1=Cc2ccccc2S1(=O)=O. The molecule has 0 amide bonds. The number of benzene rings is 1. The van der Waals surface area contributed by atoms with E-state index in [1.807, 2.05) is 0 Å². The first-order chi connectivity index (χ1) is 7.07. The molecular formula is C10H9NO3S. The maximum Gasteiger partial charge on any atom is 0.210 e. The van der Waals surface area contributed by atoms with Gasteiger partial charge in [-0.25, -0.2) is 8.42 Å². The minimum Gasteiger partial charge on any atom is -0.324 e. The Bertz CT molecular complexity index is 558. The summed E-state index contributed by atoms with van der Waals surface area (Å²) < 4.78 is 23.7. The average Bonchev–Trinajstić information content (AvgIpc) is 2.51. The van der Waals surface area contributed by atoms with E-state index in [0.29, 0.717) is 5.56 Å². The van der Waals surface area contributed by atoms with Crippen molar-refractivity contribution in [2.45, 2.75) is 4.90 Å². The Morgan fingerprint density at radius 1 is 1.27 bits per heavy atom. The van der Waals surface area contributed by atoms with Crippen molar-refractivity contribution in [3.8, 4) is 0 Å². The highest BCUT2D eigenvalue weighted by Crippen LogP contribution is 2.32. The summed E-state index contributed by atoms with van der Waals surface area (Å²) in [6, 6.07) is 6.49. The van der Waals surface area contributed by atoms with Crippen LogP contribution in [0, 0.1) is 0 Å². The summed E-state index contributed by atoms with van der Waals surface area (Å²) in [5, 5.41) is 0. The Morgan fingerprint density at radius 3 is 2.53 bits per heavy atom. The van der Waals surface area contributed by atoms with E-state index in [-0.39, 0.29) is 16.3 Å². The van der Waals surface area contributed by atoms with Gasteiger partial charge in [0.1, 0.15) is 4.91 Å². The standard InChI is InChI=1S/C10H9NO3S/c11-6-8(12)10-5-7-3-1-2-4-9(7)15(10,13)14/h1-5H,6,11H2. The van der Waals surface area contributed by atoms with Gasteiger partial charge in [0.25, 0.3) is 0 Å². The molecule has 0 spiro atoms. The summed E-state index contributed by atoms with van der Waals surface area (Å²) >= 11 is 0. The molecule has 0 unspecified atom stereocenters. The van der Waals surface area contributed by atoms with Crippen molar-refractivity contribution in [2.24, 2.45) is 5.73 Å². The van der Waals surface area contributed by atoms with E-state index >= 15 is 0 Å². The molecule has 0 saturated heterocycles. The number of fused-ring (bicyclic) bond motifs is 1. The van der Waals surface area contributed by atoms with Crippen LogP contribution in [0.1, 0.15) is 5.56 Å². The van der Waals surface area contributed by atoms with E-state index in [9.17, 15) is 13.2 Å². The molecule has 4 nitrogen and oxygen atoms in total. The van der Waals surface area contributed by atoms with Crippen LogP contribution >= 0.6 is 0 Å². The summed E-state index contributed by atoms with van der Waals surface area (Å²) in [7, 11) is -3.63. The highest BCUT2D eigenvalue weighted by molar-refractivity contribution is 7.96. The molecular weight excluding hydrogens is 214 g/mol. The molecule has 1 aromatic carbocycles. The molecule has 1 aliphatic rings. The van der Waals surface area contributed by atoms with Gasteiger partial charge in [0.2, 0.25) is 9.84 Å². The third-order valence-corrected chi connectivity index (χ3v) is 4.12. The second-order valence-electron chi connectivity index (χ2n) is 3.18. The van der Waals surface area contributed by atoms with Crippen LogP contribution in [-0.4, -0.2) is 20.7 Å². The van der Waals surface area contributed by atoms with Gasteiger partial charge in [0, 0.05) is 0 Å². The summed E-state index contributed by atoms with van der Waals surface area (Å²) in [4.78, 5) is 11.3. The molecule has 15 heavy (non-hydrogen) atoms. The van der Waals surface area contributed by atoms with Crippen LogP contribution in [0.15, 0.2) is 34.1 Å². The van der Waals surface area contributed by atoms with Crippen molar-refractivity contribution in [1.82, 2.24) is 0 Å². The number of hydrogen-bond acceptors (Lipinski definition) is 4. The van der Waals surface area contributed by atoms with E-state index in [4.69, 9.17) is 5.73 Å². The molecule has 1 aliphatic heterocycles. The molecule has 0 radical (unpaired) electrons. The average molecular weight is 223 g/mol. The quantitative estimate of drug-likeness (QED) is 0.784. The van der Waals surface area contributed by atoms with Crippen molar-refractivity contribution in [3.63, 3.8) is 0 Å². The van der Waals surface area contributed by atoms with Crippen LogP contribution in [0.2, 0.25) is 0 Å². The van der Waals surface area contributed by atoms with Crippen molar-refractivity contribution < 1.29 is 13.2 Å². The number of carbonyl (C=O) groups is 1. The minimum absolute atomic E-state index is 0.182. The zero-order valence-electron chi connectivity index (χ0n) is 7.80. The summed E-state index contributed by atoms with van der Waals surface area (Å²) in [5.74, 6) is -0.550. The lowest BCUT2D eigenvalue weighted by Gasteiger charge is -2.00. The maximum absolute atomic E-state index is 11.8. The third-order valence-electron chi connectivity index (χ3n) is 2.24. The van der Waals surface area contributed by atoms with E-state index in [1.165, 1.54) is 12.1 Å². The van der Waals surface area contributed by atoms with E-state index in [0.717, 1.165) is 0 Å². The fourth-order valence-corrected chi connectivity index (χ4v) is 3.11. The predicted molar refractivity (Wildman–Crippen MR) is 55.7 cm³/mol. The number of nitrogens with two attached hydrogens (primary N) is 1. The van der Waals surface area contributed by atoms with Gasteiger partial charge < -0.3 is 5.73 Å². The second kappa shape index (κ2) is 3.29. The zero-order valence-corrected chi connectivity index (χ0v) is 8.62. The smallest absolute Gasteiger partial charge is 0.210 e. The highest BCUT2D eigenvalue weighted by atomic mass is 32.2. The van der Waals surface area contributed by atoms with Crippen molar-refractivity contribution in [3.05, 3.63) is 34.7 Å². The number of hydrogen-bond donors (Lipinski definition) is 1. The zero-order chi connectivity index (χ0) is 11.1. The van der Waals surface area contributed by atoms with Gasteiger partial charge in [-0.05, 0) is 17.7 Å². The normalized spacial score (nSPS) is 17.0. The van der Waals surface area contributed by atoms with Gasteiger partial charge in [-0.2, -0.15) is 0 Å². The number of Topliss-reactive ketones (excluding diaryl/α,β-unsaturated/α-hetero) is 1. The molecule has 0 bridgehead atoms. The fourth-order valence-electron chi connectivity index (χ4n) is 1.51. The van der Waals surface area contributed by atoms with E-state index in [2.05, 4.69) is 0 Å². The number of sulfone groups is 1. The first kappa shape index (κ1) is 10.1. The Labute approximate surface area is 87.3 Å². The van der Waals surface area contributed by atoms with Crippen LogP contribution in [0.5, 0.6) is 0 Å². The maximum atomic E-state index is 11.8. The van der Waals surface area contributed by atoms with Crippen LogP contribution < -0.4 is 5.73 Å². The molecule has 2 rings (SSSR count). The Hall–Kier alpha value is -1.46. The van der Waals surface area contributed by atoms with Gasteiger partial charge in [-0.1, -0.05) is 18.2 Å². The molecule has 0 saturated carbocycles. The van der Waals surface area contributed by atoms with E-state index in [1.54, 1.807) is 18.2 Å². The van der Waals surface area contributed by atoms with Crippen LogP contribution in [0.25, 0.3) is 6.08 Å². The number of ketones is 1. The lowest BCUT2D eigenvalue weighted by molar-refractivity contribution is -0.113. The Kier molecular flexibility index (Phi) is 2.21. The van der Waals surface area contributed by atoms with Crippen LogP contribution in [0.3, 0.4) is 0 Å². The molecule has 5 heteroatoms. The first-order valence-electron chi connectivity index (χ1n) is 4.36. The minimum atomic E-state index is -3.63. The van der Waals surface area contributed by atoms with Crippen molar-refractivity contribution >= 4 is 21.7 Å². The second-order valence-corrected chi connectivity index (χ2v) is 5.06. The van der Waals surface area contributed by atoms with Crippen LogP contribution in [-0.2, 0) is 14.6 Å². The number of carbonyl (C=O) groups excluding carboxylic acids is 1. The summed E-state index contributed by atoms with van der Waals surface area (Å²) in [5.41, 5.74) is 5.70. The van der Waals surface area contributed by atoms with Gasteiger partial charge in [0.15, 0.2) is 5.78 Å². The lowest BCUT2D eigenvalue weighted by atomic mass is 10.2. The third kappa shape index (κ3) is 1.40. The molecule has 78 valence electrons. The topological polar surface area (TPSA) is 77.2 Å². The van der Waals surface area contributed by atoms with E-state index < -0.39 is 15.6 Å². The van der Waals surface area contributed by atoms with Crippen molar-refractivity contribution in [2.75, 3.05) is 6.54 Å². The Balaban J connectivity index is 2.64.